The van der Waals surface area contributed by atoms with Gasteiger partial charge in [0.2, 0.25) is 0 Å². The molecule has 0 aliphatic heterocycles. The molecule has 2 nitrogen and oxygen atoms in total. The molecule has 0 radical (unpaired) electrons. The summed E-state index contributed by atoms with van der Waals surface area (Å²) in [7, 11) is 0. The molecule has 0 fully saturated rings. The number of benzene rings is 2. The van der Waals surface area contributed by atoms with Gasteiger partial charge in [0.25, 0.3) is 0 Å². The first-order valence-corrected chi connectivity index (χ1v) is 8.83. The summed E-state index contributed by atoms with van der Waals surface area (Å²) >= 11 is 0. The molecule has 1 aliphatic rings. The number of hydrogen-bond donors (Lipinski definition) is 0. The maximum Gasteiger partial charge on any atom is 4.00 e. The fourth-order valence-corrected chi connectivity index (χ4v) is 2.00. The van der Waals surface area contributed by atoms with Crippen LogP contribution in [-0.4, -0.2) is 0 Å². The Morgan fingerprint density at radius 3 is 1.57 bits per heavy atom. The van der Waals surface area contributed by atoms with Crippen molar-refractivity contribution in [2.45, 2.75) is 26.2 Å². The van der Waals surface area contributed by atoms with Gasteiger partial charge in [0.15, 0.2) is 0 Å². The maximum atomic E-state index is 11.0. The fourth-order valence-electron chi connectivity index (χ4n) is 2.00. The normalized spacial score (nSPS) is 9.93. The standard InChI is InChI=1S/2C9H10O.C5H5.C2H5.Ti/c2*1-2-5-8-6-3-4-7-9(8)10;1-2-4-5-3-1;1-2;/h2*2-4,6-7,10H,1,5H2;1-3H,4H2;1H2,2H3;/q;;2*-1;+4/p-2. The van der Waals surface area contributed by atoms with Crippen LogP contribution < -0.4 is 10.2 Å². The fraction of sp³-hybridized carbons (Fsp3) is 0.160. The van der Waals surface area contributed by atoms with Gasteiger partial charge in [-0.1, -0.05) is 71.8 Å². The molecular formula is C25H28O2Ti. The number of rotatable bonds is 4. The van der Waals surface area contributed by atoms with Crippen LogP contribution in [0.4, 0.5) is 0 Å². The summed E-state index contributed by atoms with van der Waals surface area (Å²) in [5.74, 6) is 0.199. The van der Waals surface area contributed by atoms with E-state index < -0.39 is 0 Å². The molecule has 0 spiro atoms. The second kappa shape index (κ2) is 19.5. The molecular weight excluding hydrogens is 380 g/mol. The number of para-hydroxylation sites is 2. The van der Waals surface area contributed by atoms with Gasteiger partial charge in [-0.15, -0.1) is 31.1 Å². The summed E-state index contributed by atoms with van der Waals surface area (Å²) in [4.78, 5) is 0. The number of hydrogen-bond acceptors (Lipinski definition) is 2. The summed E-state index contributed by atoms with van der Waals surface area (Å²) in [5.41, 5.74) is 1.63. The van der Waals surface area contributed by atoms with Crippen molar-refractivity contribution in [3.63, 3.8) is 0 Å². The second-order valence-corrected chi connectivity index (χ2v) is 5.20. The Hall–Kier alpha value is -2.29. The molecule has 1 aliphatic carbocycles. The smallest absolute Gasteiger partial charge is 0.872 e. The van der Waals surface area contributed by atoms with Crippen LogP contribution in [0.15, 0.2) is 92.1 Å². The van der Waals surface area contributed by atoms with Crippen molar-refractivity contribution in [1.82, 2.24) is 0 Å². The Balaban J connectivity index is 0. The van der Waals surface area contributed by atoms with Crippen molar-refractivity contribution in [3.8, 4) is 11.5 Å². The molecule has 0 aromatic heterocycles. The van der Waals surface area contributed by atoms with Gasteiger partial charge >= 0.3 is 21.7 Å². The zero-order valence-corrected chi connectivity index (χ0v) is 18.1. The molecule has 0 amide bonds. The van der Waals surface area contributed by atoms with Crippen LogP contribution in [0.1, 0.15) is 24.5 Å². The van der Waals surface area contributed by atoms with Gasteiger partial charge in [-0.2, -0.15) is 13.0 Å². The average Bonchev–Trinajstić information content (AvgIpc) is 3.28. The Kier molecular flexibility index (Phi) is 19.4. The molecule has 144 valence electrons. The first kappa shape index (κ1) is 27.9. The molecule has 0 saturated heterocycles. The molecule has 2 aromatic carbocycles. The average molecular weight is 408 g/mol. The summed E-state index contributed by atoms with van der Waals surface area (Å²) in [5, 5.41) is 21.9. The van der Waals surface area contributed by atoms with Crippen LogP contribution in [-0.2, 0) is 34.6 Å². The largest absolute Gasteiger partial charge is 4.00 e. The topological polar surface area (TPSA) is 46.1 Å². The van der Waals surface area contributed by atoms with E-state index in [9.17, 15) is 10.2 Å². The molecule has 0 saturated carbocycles. The van der Waals surface area contributed by atoms with Crippen molar-refractivity contribution in [3.05, 3.63) is 116 Å². The minimum Gasteiger partial charge on any atom is -0.872 e. The Labute approximate surface area is 185 Å². The van der Waals surface area contributed by atoms with E-state index >= 15 is 0 Å². The molecule has 0 bridgehead atoms. The predicted octanol–water partition coefficient (Wildman–Crippen LogP) is 5.12. The molecule has 0 atom stereocenters. The zero-order chi connectivity index (χ0) is 20.3. The van der Waals surface area contributed by atoms with Crippen molar-refractivity contribution < 1.29 is 31.9 Å². The molecule has 3 rings (SSSR count). The predicted molar refractivity (Wildman–Crippen MR) is 112 cm³/mol. The van der Waals surface area contributed by atoms with Gasteiger partial charge in [-0.25, -0.2) is 12.2 Å². The Morgan fingerprint density at radius 1 is 0.893 bits per heavy atom. The first-order chi connectivity index (χ1) is 13.2. The summed E-state index contributed by atoms with van der Waals surface area (Å²) in [6, 6.07) is 14.0. The van der Waals surface area contributed by atoms with E-state index in [2.05, 4.69) is 32.2 Å². The maximum absolute atomic E-state index is 11.0. The molecule has 0 N–H and O–H groups in total. The van der Waals surface area contributed by atoms with E-state index in [0.717, 1.165) is 17.5 Å². The van der Waals surface area contributed by atoms with Gasteiger partial charge in [0, 0.05) is 0 Å². The quantitative estimate of drug-likeness (QED) is 0.400. The molecule has 3 heteroatoms. The SMILES string of the molecule is C=CCc1ccccc1[O-].C=CCc1ccccc1[O-].[C-]1=CC=CC1.[CH2-]C.[Ti+4]. The Bertz CT molecular complexity index is 656. The van der Waals surface area contributed by atoms with E-state index in [-0.39, 0.29) is 33.2 Å². The molecule has 0 heterocycles. The van der Waals surface area contributed by atoms with Crippen LogP contribution in [0.2, 0.25) is 0 Å². The van der Waals surface area contributed by atoms with Crippen molar-refractivity contribution in [2.24, 2.45) is 0 Å². The van der Waals surface area contributed by atoms with Gasteiger partial charge in [-0.3, -0.25) is 6.08 Å². The van der Waals surface area contributed by atoms with Gasteiger partial charge in [0.05, 0.1) is 0 Å². The third kappa shape index (κ3) is 13.0. The van der Waals surface area contributed by atoms with E-state index in [1.807, 2.05) is 36.4 Å². The van der Waals surface area contributed by atoms with Crippen LogP contribution in [0.3, 0.4) is 0 Å². The second-order valence-electron chi connectivity index (χ2n) is 5.20. The monoisotopic (exact) mass is 408 g/mol. The molecule has 2 aromatic rings. The van der Waals surface area contributed by atoms with Gasteiger partial charge in [0.1, 0.15) is 0 Å². The Morgan fingerprint density at radius 2 is 1.32 bits per heavy atom. The van der Waals surface area contributed by atoms with Crippen LogP contribution in [0.5, 0.6) is 11.5 Å². The summed E-state index contributed by atoms with van der Waals surface area (Å²) in [6.45, 7) is 12.1. The van der Waals surface area contributed by atoms with Crippen molar-refractivity contribution >= 4 is 0 Å². The molecule has 0 unspecified atom stereocenters. The van der Waals surface area contributed by atoms with Crippen LogP contribution in [0.25, 0.3) is 0 Å². The zero-order valence-electron chi connectivity index (χ0n) is 16.6. The van der Waals surface area contributed by atoms with E-state index in [4.69, 9.17) is 0 Å². The molecule has 28 heavy (non-hydrogen) atoms. The third-order valence-electron chi connectivity index (χ3n) is 3.26. The van der Waals surface area contributed by atoms with Crippen molar-refractivity contribution in [1.29, 1.82) is 0 Å². The van der Waals surface area contributed by atoms with Crippen molar-refractivity contribution in [2.75, 3.05) is 0 Å². The third-order valence-corrected chi connectivity index (χ3v) is 3.26. The van der Waals surface area contributed by atoms with Gasteiger partial charge in [-0.05, 0) is 12.8 Å². The van der Waals surface area contributed by atoms with E-state index in [1.54, 1.807) is 43.3 Å². The minimum atomic E-state index is 0. The summed E-state index contributed by atoms with van der Waals surface area (Å²) in [6.07, 6.45) is 14.8. The summed E-state index contributed by atoms with van der Waals surface area (Å²) < 4.78 is 0. The van der Waals surface area contributed by atoms with Crippen LogP contribution in [0, 0.1) is 13.0 Å². The number of allylic oxidation sites excluding steroid dienone is 6. The van der Waals surface area contributed by atoms with Gasteiger partial charge < -0.3 is 17.1 Å². The van der Waals surface area contributed by atoms with E-state index in [1.165, 1.54) is 0 Å². The van der Waals surface area contributed by atoms with E-state index in [0.29, 0.717) is 12.8 Å². The minimum absolute atomic E-state index is 0. The first-order valence-electron chi connectivity index (χ1n) is 8.83. The van der Waals surface area contributed by atoms with Crippen LogP contribution >= 0.6 is 0 Å².